The molecular weight excluding hydrogens is 408 g/mol. The van der Waals surface area contributed by atoms with E-state index >= 15 is 0 Å². The highest BCUT2D eigenvalue weighted by atomic mass is 16.5. The number of amides is 1. The van der Waals surface area contributed by atoms with Crippen LogP contribution in [0.2, 0.25) is 0 Å². The first-order chi connectivity index (χ1) is 15.7. The number of hydrogen-bond donors (Lipinski definition) is 1. The quantitative estimate of drug-likeness (QED) is 0.576. The van der Waals surface area contributed by atoms with Crippen LogP contribution in [0.3, 0.4) is 0 Å². The summed E-state index contributed by atoms with van der Waals surface area (Å²) >= 11 is 0. The topological polar surface area (TPSA) is 89.7 Å². The Kier molecular flexibility index (Phi) is 6.89. The average molecular weight is 437 g/mol. The van der Waals surface area contributed by atoms with E-state index in [1.54, 1.807) is 7.11 Å². The van der Waals surface area contributed by atoms with Gasteiger partial charge in [-0.15, -0.1) is 0 Å². The van der Waals surface area contributed by atoms with Crippen LogP contribution in [0.5, 0.6) is 11.5 Å². The van der Waals surface area contributed by atoms with E-state index in [0.29, 0.717) is 38.1 Å². The number of carbonyl (C=O) groups is 1. The summed E-state index contributed by atoms with van der Waals surface area (Å²) < 4.78 is 16.3. The second-order valence-electron chi connectivity index (χ2n) is 7.65. The van der Waals surface area contributed by atoms with Gasteiger partial charge in [0.05, 0.1) is 13.7 Å². The summed E-state index contributed by atoms with van der Waals surface area (Å²) in [6.07, 6.45) is 1.47. The highest BCUT2D eigenvalue weighted by Gasteiger charge is 2.27. The molecule has 1 aliphatic heterocycles. The monoisotopic (exact) mass is 436 g/mol. The Bertz CT molecular complexity index is 1030. The Morgan fingerprint density at radius 3 is 2.62 bits per heavy atom. The first-order valence-corrected chi connectivity index (χ1v) is 10.9. The van der Waals surface area contributed by atoms with E-state index in [1.165, 1.54) is 0 Å². The van der Waals surface area contributed by atoms with Crippen LogP contribution in [0, 0.1) is 5.92 Å². The number of ether oxygens (including phenoxy) is 2. The number of rotatable bonds is 8. The standard InChI is InChI=1S/C24H28N4O4/c1-3-31-21-7-5-4-6-19(21)16-25-23(29)18-12-14-28(15-13-18)24-26-22(27-32-24)17-8-10-20(30-2)11-9-17/h4-11,18H,3,12-16H2,1-2H3,(H,25,29). The molecule has 1 fully saturated rings. The summed E-state index contributed by atoms with van der Waals surface area (Å²) in [6, 6.07) is 15.8. The third-order valence-electron chi connectivity index (χ3n) is 5.63. The Morgan fingerprint density at radius 1 is 1.16 bits per heavy atom. The molecule has 1 aliphatic rings. The molecule has 2 heterocycles. The Morgan fingerprint density at radius 2 is 1.91 bits per heavy atom. The Hall–Kier alpha value is -3.55. The van der Waals surface area contributed by atoms with Crippen LogP contribution in [0.1, 0.15) is 25.3 Å². The molecule has 32 heavy (non-hydrogen) atoms. The zero-order valence-electron chi connectivity index (χ0n) is 18.4. The molecule has 0 spiro atoms. The molecule has 1 N–H and O–H groups in total. The van der Waals surface area contributed by atoms with Gasteiger partial charge in [0.1, 0.15) is 11.5 Å². The fourth-order valence-electron chi connectivity index (χ4n) is 3.81. The van der Waals surface area contributed by atoms with Gasteiger partial charge in [0.25, 0.3) is 0 Å². The summed E-state index contributed by atoms with van der Waals surface area (Å²) in [7, 11) is 1.63. The molecule has 0 unspecified atom stereocenters. The number of nitrogens with zero attached hydrogens (tertiary/aromatic N) is 3. The lowest BCUT2D eigenvalue weighted by atomic mass is 9.96. The molecule has 2 aromatic carbocycles. The van der Waals surface area contributed by atoms with Crippen molar-refractivity contribution in [2.45, 2.75) is 26.3 Å². The fourth-order valence-corrected chi connectivity index (χ4v) is 3.81. The van der Waals surface area contributed by atoms with E-state index in [4.69, 9.17) is 14.0 Å². The molecule has 3 aromatic rings. The van der Waals surface area contributed by atoms with Crippen molar-refractivity contribution in [3.05, 3.63) is 54.1 Å². The predicted octanol–water partition coefficient (Wildman–Crippen LogP) is 3.68. The van der Waals surface area contributed by atoms with Crippen LogP contribution in [0.15, 0.2) is 53.1 Å². The third-order valence-corrected chi connectivity index (χ3v) is 5.63. The summed E-state index contributed by atoms with van der Waals surface area (Å²) in [6.45, 7) is 4.39. The molecule has 1 amide bonds. The zero-order chi connectivity index (χ0) is 22.3. The van der Waals surface area contributed by atoms with E-state index in [-0.39, 0.29) is 11.8 Å². The van der Waals surface area contributed by atoms with Crippen LogP contribution in [-0.4, -0.2) is 42.9 Å². The van der Waals surface area contributed by atoms with Crippen molar-refractivity contribution in [3.8, 4) is 22.9 Å². The van der Waals surface area contributed by atoms with Gasteiger partial charge < -0.3 is 24.2 Å². The molecular formula is C24H28N4O4. The molecule has 0 aliphatic carbocycles. The van der Waals surface area contributed by atoms with Crippen LogP contribution in [0.4, 0.5) is 6.01 Å². The van der Waals surface area contributed by atoms with Gasteiger partial charge in [-0.05, 0) is 50.1 Å². The average Bonchev–Trinajstić information content (AvgIpc) is 3.34. The second kappa shape index (κ2) is 10.2. The minimum Gasteiger partial charge on any atom is -0.497 e. The van der Waals surface area contributed by atoms with E-state index in [0.717, 1.165) is 35.5 Å². The van der Waals surface area contributed by atoms with E-state index < -0.39 is 0 Å². The lowest BCUT2D eigenvalue weighted by Gasteiger charge is -2.29. The summed E-state index contributed by atoms with van der Waals surface area (Å²) in [5.41, 5.74) is 1.85. The summed E-state index contributed by atoms with van der Waals surface area (Å²) in [4.78, 5) is 19.3. The fraction of sp³-hybridized carbons (Fsp3) is 0.375. The van der Waals surface area contributed by atoms with Crippen LogP contribution in [-0.2, 0) is 11.3 Å². The number of anilines is 1. The van der Waals surface area contributed by atoms with Crippen molar-refractivity contribution in [3.63, 3.8) is 0 Å². The van der Waals surface area contributed by atoms with Gasteiger partial charge in [-0.3, -0.25) is 4.79 Å². The van der Waals surface area contributed by atoms with Gasteiger partial charge in [-0.25, -0.2) is 0 Å². The maximum absolute atomic E-state index is 12.7. The van der Waals surface area contributed by atoms with Gasteiger partial charge in [0.2, 0.25) is 11.7 Å². The lowest BCUT2D eigenvalue weighted by Crippen LogP contribution is -2.40. The molecule has 1 saturated heterocycles. The van der Waals surface area contributed by atoms with Crippen LogP contribution < -0.4 is 19.7 Å². The molecule has 4 rings (SSSR count). The molecule has 0 saturated carbocycles. The number of aromatic nitrogens is 2. The minimum atomic E-state index is -0.0329. The number of carbonyl (C=O) groups excluding carboxylic acids is 1. The molecule has 0 atom stereocenters. The third kappa shape index (κ3) is 5.01. The number of para-hydroxylation sites is 1. The SMILES string of the molecule is CCOc1ccccc1CNC(=O)C1CCN(c2nc(-c3ccc(OC)cc3)no2)CC1. The normalized spacial score (nSPS) is 14.2. The summed E-state index contributed by atoms with van der Waals surface area (Å²) in [5.74, 6) is 2.17. The van der Waals surface area contributed by atoms with Gasteiger partial charge >= 0.3 is 6.01 Å². The Balaban J connectivity index is 1.29. The molecule has 8 heteroatoms. The van der Waals surface area contributed by atoms with E-state index in [9.17, 15) is 4.79 Å². The van der Waals surface area contributed by atoms with Gasteiger partial charge in [0.15, 0.2) is 0 Å². The molecule has 8 nitrogen and oxygen atoms in total. The van der Waals surface area contributed by atoms with Crippen molar-refractivity contribution in [2.75, 3.05) is 31.7 Å². The summed E-state index contributed by atoms with van der Waals surface area (Å²) in [5, 5.41) is 7.16. The predicted molar refractivity (Wildman–Crippen MR) is 121 cm³/mol. The first-order valence-electron chi connectivity index (χ1n) is 10.9. The second-order valence-corrected chi connectivity index (χ2v) is 7.65. The van der Waals surface area contributed by atoms with Gasteiger partial charge in [-0.2, -0.15) is 4.98 Å². The van der Waals surface area contributed by atoms with Crippen molar-refractivity contribution < 1.29 is 18.8 Å². The molecule has 168 valence electrons. The first kappa shape index (κ1) is 21.7. The van der Waals surface area contributed by atoms with Crippen molar-refractivity contribution in [1.82, 2.24) is 15.5 Å². The molecule has 1 aromatic heterocycles. The molecule has 0 bridgehead atoms. The lowest BCUT2D eigenvalue weighted by molar-refractivity contribution is -0.125. The van der Waals surface area contributed by atoms with Crippen LogP contribution >= 0.6 is 0 Å². The zero-order valence-corrected chi connectivity index (χ0v) is 18.4. The molecule has 0 radical (unpaired) electrons. The van der Waals surface area contributed by atoms with E-state index in [2.05, 4.69) is 15.5 Å². The largest absolute Gasteiger partial charge is 0.497 e. The number of piperidine rings is 1. The van der Waals surface area contributed by atoms with Crippen molar-refractivity contribution >= 4 is 11.9 Å². The van der Waals surface area contributed by atoms with Crippen molar-refractivity contribution in [1.29, 1.82) is 0 Å². The number of hydrogen-bond acceptors (Lipinski definition) is 7. The number of methoxy groups -OCH3 is 1. The van der Waals surface area contributed by atoms with Crippen molar-refractivity contribution in [2.24, 2.45) is 5.92 Å². The minimum absolute atomic E-state index is 0.0329. The highest BCUT2D eigenvalue weighted by Crippen LogP contribution is 2.26. The maximum Gasteiger partial charge on any atom is 0.324 e. The van der Waals surface area contributed by atoms with Gasteiger partial charge in [-0.1, -0.05) is 23.4 Å². The maximum atomic E-state index is 12.7. The van der Waals surface area contributed by atoms with Crippen LogP contribution in [0.25, 0.3) is 11.4 Å². The van der Waals surface area contributed by atoms with Gasteiger partial charge in [0, 0.05) is 36.7 Å². The Labute approximate surface area is 187 Å². The van der Waals surface area contributed by atoms with E-state index in [1.807, 2.05) is 60.4 Å². The highest BCUT2D eigenvalue weighted by molar-refractivity contribution is 5.79. The smallest absolute Gasteiger partial charge is 0.324 e. The number of nitrogens with one attached hydrogen (secondary N) is 1. The number of benzene rings is 2.